The van der Waals surface area contributed by atoms with Gasteiger partial charge in [0.05, 0.1) is 16.7 Å². The number of nitrogens with two attached hydrogens (primary N) is 1. The van der Waals surface area contributed by atoms with Crippen molar-refractivity contribution in [2.24, 2.45) is 0 Å². The van der Waals surface area contributed by atoms with Crippen molar-refractivity contribution in [3.05, 3.63) is 109 Å². The van der Waals surface area contributed by atoms with Gasteiger partial charge in [-0.05, 0) is 42.8 Å². The molecule has 0 aliphatic rings. The molecule has 0 atom stereocenters. The Bertz CT molecular complexity index is 1830. The molecule has 0 bridgehead atoms. The topological polar surface area (TPSA) is 30.9 Å². The van der Waals surface area contributed by atoms with E-state index in [1.165, 1.54) is 53.1 Å². The molecule has 0 amide bonds. The Balaban J connectivity index is 1.64. The van der Waals surface area contributed by atoms with Crippen LogP contribution in [0.2, 0.25) is 0 Å². The van der Waals surface area contributed by atoms with E-state index >= 15 is 0 Å². The molecule has 0 aliphatic heterocycles. The predicted molar refractivity (Wildman–Crippen MR) is 148 cm³/mol. The summed E-state index contributed by atoms with van der Waals surface area (Å²) in [7, 11) is 0. The Labute approximate surface area is 201 Å². The number of hydrogen-bond donors (Lipinski definition) is 1. The maximum Gasteiger partial charge on any atom is 0.0561 e. The van der Waals surface area contributed by atoms with E-state index in [0.717, 1.165) is 16.9 Å². The van der Waals surface area contributed by atoms with Gasteiger partial charge in [0.2, 0.25) is 0 Å². The maximum atomic E-state index is 6.53. The van der Waals surface area contributed by atoms with Crippen LogP contribution in [0.4, 0.5) is 5.69 Å². The van der Waals surface area contributed by atoms with E-state index in [-0.39, 0.29) is 0 Å². The van der Waals surface area contributed by atoms with Crippen molar-refractivity contribution in [2.45, 2.75) is 6.92 Å². The molecule has 0 radical (unpaired) electrons. The highest BCUT2D eigenvalue weighted by molar-refractivity contribution is 7.26. The van der Waals surface area contributed by atoms with Crippen molar-refractivity contribution < 1.29 is 0 Å². The number of fused-ring (bicyclic) bond motifs is 6. The number of hydrogen-bond acceptors (Lipinski definition) is 2. The first-order chi connectivity index (χ1) is 16.7. The van der Waals surface area contributed by atoms with E-state index in [1.54, 1.807) is 0 Å². The van der Waals surface area contributed by atoms with E-state index in [2.05, 4.69) is 115 Å². The molecule has 2 N–H and O–H groups in total. The normalized spacial score (nSPS) is 11.8. The predicted octanol–water partition coefficient (Wildman–Crippen LogP) is 8.71. The molecule has 0 aliphatic carbocycles. The summed E-state index contributed by atoms with van der Waals surface area (Å²) < 4.78 is 5.01. The molecular formula is C31H22N2S. The summed E-state index contributed by atoms with van der Waals surface area (Å²) in [6.45, 7) is 2.10. The van der Waals surface area contributed by atoms with Crippen LogP contribution in [0.25, 0.3) is 58.8 Å². The molecule has 0 fully saturated rings. The molecule has 2 nitrogen and oxygen atoms in total. The van der Waals surface area contributed by atoms with Gasteiger partial charge in [0.25, 0.3) is 0 Å². The third kappa shape index (κ3) is 2.68. The molecule has 0 saturated heterocycles. The second kappa shape index (κ2) is 7.21. The van der Waals surface area contributed by atoms with Crippen LogP contribution in [-0.2, 0) is 0 Å². The first kappa shape index (κ1) is 19.4. The first-order valence-electron chi connectivity index (χ1n) is 11.5. The lowest BCUT2D eigenvalue weighted by molar-refractivity contribution is 1.18. The highest BCUT2D eigenvalue weighted by Gasteiger charge is 2.19. The standard InChI is InChI=1S/C31H22N2S/c1-19-17-25(24-13-8-12-23-22-11-4-7-16-30(22)34-31(23)24)29(18-26(19)32)33-27-14-5-2-9-20(27)21-10-3-6-15-28(21)33/h2-18H,32H2,1H3. The molecule has 0 unspecified atom stereocenters. The Morgan fingerprint density at radius 2 is 1.24 bits per heavy atom. The van der Waals surface area contributed by atoms with Crippen molar-refractivity contribution in [2.75, 3.05) is 5.73 Å². The van der Waals surface area contributed by atoms with E-state index < -0.39 is 0 Å². The summed E-state index contributed by atoms with van der Waals surface area (Å²) in [4.78, 5) is 0. The molecule has 7 rings (SSSR count). The van der Waals surface area contributed by atoms with Crippen LogP contribution in [0.5, 0.6) is 0 Å². The summed E-state index contributed by atoms with van der Waals surface area (Å²) in [5.41, 5.74) is 14.4. The lowest BCUT2D eigenvalue weighted by atomic mass is 9.98. The molecule has 7 aromatic rings. The fourth-order valence-corrected chi connectivity index (χ4v) is 6.49. The molecule has 3 heteroatoms. The van der Waals surface area contributed by atoms with E-state index in [4.69, 9.17) is 5.73 Å². The van der Waals surface area contributed by atoms with Gasteiger partial charge in [0.15, 0.2) is 0 Å². The quantitative estimate of drug-likeness (QED) is 0.260. The number of anilines is 1. The van der Waals surface area contributed by atoms with Crippen molar-refractivity contribution in [3.63, 3.8) is 0 Å². The number of benzene rings is 5. The Kier molecular flexibility index (Phi) is 4.11. The number of aryl methyl sites for hydroxylation is 1. The van der Waals surface area contributed by atoms with E-state index in [0.29, 0.717) is 0 Å². The van der Waals surface area contributed by atoms with Gasteiger partial charge < -0.3 is 10.3 Å². The van der Waals surface area contributed by atoms with E-state index in [1.807, 2.05) is 11.3 Å². The molecule has 34 heavy (non-hydrogen) atoms. The minimum Gasteiger partial charge on any atom is -0.398 e. The largest absolute Gasteiger partial charge is 0.398 e. The molecule has 2 aromatic heterocycles. The van der Waals surface area contributed by atoms with Gasteiger partial charge in [0, 0.05) is 47.8 Å². The van der Waals surface area contributed by atoms with Crippen LogP contribution in [0, 0.1) is 6.92 Å². The molecule has 2 heterocycles. The number of nitrogens with zero attached hydrogens (tertiary/aromatic N) is 1. The van der Waals surface area contributed by atoms with Gasteiger partial charge in [-0.1, -0.05) is 72.8 Å². The molecule has 162 valence electrons. The van der Waals surface area contributed by atoms with Gasteiger partial charge in [0.1, 0.15) is 0 Å². The minimum absolute atomic E-state index is 0.809. The Hall–Kier alpha value is -4.08. The van der Waals surface area contributed by atoms with Crippen LogP contribution in [0.3, 0.4) is 0 Å². The second-order valence-corrected chi connectivity index (χ2v) is 9.93. The third-order valence-electron chi connectivity index (χ3n) is 6.90. The number of para-hydroxylation sites is 2. The molecule has 5 aromatic carbocycles. The zero-order valence-corrected chi connectivity index (χ0v) is 19.6. The zero-order chi connectivity index (χ0) is 22.8. The van der Waals surface area contributed by atoms with Crippen LogP contribution in [0.15, 0.2) is 103 Å². The fourth-order valence-electron chi connectivity index (χ4n) is 5.25. The third-order valence-corrected chi connectivity index (χ3v) is 8.12. The molecule has 0 saturated carbocycles. The highest BCUT2D eigenvalue weighted by atomic mass is 32.1. The zero-order valence-electron chi connectivity index (χ0n) is 18.7. The van der Waals surface area contributed by atoms with Crippen molar-refractivity contribution >= 4 is 59.0 Å². The second-order valence-electron chi connectivity index (χ2n) is 8.88. The SMILES string of the molecule is Cc1cc(-c2cccc3c2sc2ccccc23)c(-n2c3ccccc3c3ccccc32)cc1N. The van der Waals surface area contributed by atoms with Gasteiger partial charge in [-0.3, -0.25) is 0 Å². The average Bonchev–Trinajstić information content (AvgIpc) is 3.41. The van der Waals surface area contributed by atoms with E-state index in [9.17, 15) is 0 Å². The Morgan fingerprint density at radius 3 is 1.97 bits per heavy atom. The summed E-state index contributed by atoms with van der Waals surface area (Å²) in [5, 5.41) is 5.13. The van der Waals surface area contributed by atoms with Gasteiger partial charge in [-0.25, -0.2) is 0 Å². The summed E-state index contributed by atoms with van der Waals surface area (Å²) in [5.74, 6) is 0. The van der Waals surface area contributed by atoms with Crippen molar-refractivity contribution in [1.82, 2.24) is 4.57 Å². The highest BCUT2D eigenvalue weighted by Crippen LogP contribution is 2.44. The fraction of sp³-hybridized carbons (Fsp3) is 0.0323. The lowest BCUT2D eigenvalue weighted by Crippen LogP contribution is -2.01. The summed E-state index contributed by atoms with van der Waals surface area (Å²) in [6, 6.07) is 37.0. The first-order valence-corrected chi connectivity index (χ1v) is 12.3. The van der Waals surface area contributed by atoms with Crippen LogP contribution in [-0.4, -0.2) is 4.57 Å². The Morgan fingerprint density at radius 1 is 0.618 bits per heavy atom. The van der Waals surface area contributed by atoms with Gasteiger partial charge in [-0.2, -0.15) is 0 Å². The lowest BCUT2D eigenvalue weighted by Gasteiger charge is -2.17. The number of nitrogen functional groups attached to an aromatic ring is 1. The maximum absolute atomic E-state index is 6.53. The molecule has 0 spiro atoms. The van der Waals surface area contributed by atoms with Crippen LogP contribution >= 0.6 is 11.3 Å². The summed E-state index contributed by atoms with van der Waals surface area (Å²) in [6.07, 6.45) is 0. The molecular weight excluding hydrogens is 432 g/mol. The number of aromatic nitrogens is 1. The monoisotopic (exact) mass is 454 g/mol. The summed E-state index contributed by atoms with van der Waals surface area (Å²) >= 11 is 1.87. The number of rotatable bonds is 2. The van der Waals surface area contributed by atoms with Crippen LogP contribution < -0.4 is 5.73 Å². The van der Waals surface area contributed by atoms with Crippen molar-refractivity contribution in [1.29, 1.82) is 0 Å². The average molecular weight is 455 g/mol. The van der Waals surface area contributed by atoms with Gasteiger partial charge >= 0.3 is 0 Å². The smallest absolute Gasteiger partial charge is 0.0561 e. The minimum atomic E-state index is 0.809. The van der Waals surface area contributed by atoms with Crippen LogP contribution in [0.1, 0.15) is 5.56 Å². The van der Waals surface area contributed by atoms with Gasteiger partial charge in [-0.15, -0.1) is 11.3 Å². The number of thiophene rings is 1. The van der Waals surface area contributed by atoms with Crippen molar-refractivity contribution in [3.8, 4) is 16.8 Å².